The van der Waals surface area contributed by atoms with Crippen molar-refractivity contribution in [3.63, 3.8) is 0 Å². The van der Waals surface area contributed by atoms with Gasteiger partial charge in [0.15, 0.2) is 0 Å². The standard InChI is InChI=1S/C22H27ClN2O3/c1-3-13-5-7-14(8-6-13)11-19(27)20-17(4-2)24-22(28)25-21(20)15-9-10-18(26)16(23)12-15/h3,9-10,12,14,20-21,26H,4-8,11H2,1-2H3,(H,25,28). The summed E-state index contributed by atoms with van der Waals surface area (Å²) in [6.45, 7) is 3.99. The van der Waals surface area contributed by atoms with E-state index in [9.17, 15) is 14.7 Å². The summed E-state index contributed by atoms with van der Waals surface area (Å²) in [7, 11) is 0. The Labute approximate surface area is 170 Å². The first kappa shape index (κ1) is 20.6. The molecule has 6 heteroatoms. The number of aromatic hydroxyl groups is 1. The molecule has 2 amide bonds. The molecular formula is C22H27ClN2O3. The van der Waals surface area contributed by atoms with Gasteiger partial charge < -0.3 is 10.4 Å². The number of aliphatic imine (C=N–C) groups is 1. The van der Waals surface area contributed by atoms with Crippen LogP contribution in [0.15, 0.2) is 34.8 Å². The highest BCUT2D eigenvalue weighted by atomic mass is 35.5. The Kier molecular flexibility index (Phi) is 6.55. The summed E-state index contributed by atoms with van der Waals surface area (Å²) in [6.07, 6.45) is 7.39. The average molecular weight is 403 g/mol. The van der Waals surface area contributed by atoms with E-state index in [1.54, 1.807) is 12.1 Å². The van der Waals surface area contributed by atoms with Gasteiger partial charge in [-0.2, -0.15) is 0 Å². The number of phenolic OH excluding ortho intramolecular Hbond substituents is 1. The van der Waals surface area contributed by atoms with Crippen molar-refractivity contribution >= 4 is 29.1 Å². The maximum Gasteiger partial charge on any atom is 0.341 e. The SMILES string of the molecule is CC=C1CCC(CC(=O)C2C(CC)=NC(=O)NC2c2ccc(O)c(Cl)c2)CC1. The van der Waals surface area contributed by atoms with Crippen LogP contribution in [0.2, 0.25) is 5.02 Å². The zero-order chi connectivity index (χ0) is 20.3. The van der Waals surface area contributed by atoms with Crippen molar-refractivity contribution in [3.8, 4) is 5.75 Å². The maximum atomic E-state index is 13.3. The molecule has 1 heterocycles. The van der Waals surface area contributed by atoms with E-state index in [0.717, 1.165) is 25.7 Å². The lowest BCUT2D eigenvalue weighted by molar-refractivity contribution is -0.122. The minimum Gasteiger partial charge on any atom is -0.506 e. The topological polar surface area (TPSA) is 78.8 Å². The molecule has 150 valence electrons. The lowest BCUT2D eigenvalue weighted by atomic mass is 9.77. The summed E-state index contributed by atoms with van der Waals surface area (Å²) in [5, 5.41) is 12.7. The van der Waals surface area contributed by atoms with Crippen molar-refractivity contribution in [2.75, 3.05) is 0 Å². The number of allylic oxidation sites excluding steroid dienone is 2. The molecule has 1 aliphatic carbocycles. The van der Waals surface area contributed by atoms with E-state index in [1.807, 2.05) is 6.92 Å². The van der Waals surface area contributed by atoms with Crippen LogP contribution < -0.4 is 5.32 Å². The third-order valence-electron chi connectivity index (χ3n) is 5.90. The van der Waals surface area contributed by atoms with Gasteiger partial charge in [0.2, 0.25) is 0 Å². The molecule has 0 bridgehead atoms. The normalized spacial score (nSPS) is 25.1. The molecule has 3 rings (SSSR count). The molecule has 2 atom stereocenters. The first-order chi connectivity index (χ1) is 13.4. The molecule has 1 aromatic carbocycles. The van der Waals surface area contributed by atoms with Crippen LogP contribution in [0, 0.1) is 11.8 Å². The number of hydrogen-bond donors (Lipinski definition) is 2. The van der Waals surface area contributed by atoms with Gasteiger partial charge in [-0.1, -0.05) is 36.2 Å². The Hall–Kier alpha value is -2.14. The van der Waals surface area contributed by atoms with Crippen LogP contribution in [0.5, 0.6) is 5.75 Å². The molecule has 1 aromatic rings. The molecule has 0 saturated heterocycles. The first-order valence-corrected chi connectivity index (χ1v) is 10.3. The van der Waals surface area contributed by atoms with Crippen LogP contribution in [0.4, 0.5) is 4.79 Å². The second-order valence-corrected chi connectivity index (χ2v) is 8.04. The molecule has 2 N–H and O–H groups in total. The van der Waals surface area contributed by atoms with E-state index in [-0.39, 0.29) is 16.6 Å². The van der Waals surface area contributed by atoms with Crippen molar-refractivity contribution in [3.05, 3.63) is 40.4 Å². The van der Waals surface area contributed by atoms with E-state index < -0.39 is 18.0 Å². The third-order valence-corrected chi connectivity index (χ3v) is 6.20. The van der Waals surface area contributed by atoms with Crippen LogP contribution in [0.25, 0.3) is 0 Å². The number of rotatable bonds is 5. The number of nitrogens with zero attached hydrogens (tertiary/aromatic N) is 1. The van der Waals surface area contributed by atoms with Gasteiger partial charge in [-0.3, -0.25) is 4.79 Å². The van der Waals surface area contributed by atoms with Crippen molar-refractivity contribution < 1.29 is 14.7 Å². The molecule has 5 nitrogen and oxygen atoms in total. The Morgan fingerprint density at radius 1 is 1.36 bits per heavy atom. The van der Waals surface area contributed by atoms with Crippen molar-refractivity contribution in [2.45, 2.75) is 58.4 Å². The second-order valence-electron chi connectivity index (χ2n) is 7.63. The Balaban J connectivity index is 1.84. The lowest BCUT2D eigenvalue weighted by Gasteiger charge is -2.33. The first-order valence-electron chi connectivity index (χ1n) is 9.96. The monoisotopic (exact) mass is 402 g/mol. The maximum absolute atomic E-state index is 13.3. The molecule has 1 aliphatic heterocycles. The summed E-state index contributed by atoms with van der Waals surface area (Å²) in [6, 6.07) is 3.84. The van der Waals surface area contributed by atoms with Gasteiger partial charge >= 0.3 is 6.03 Å². The number of phenols is 1. The molecule has 28 heavy (non-hydrogen) atoms. The van der Waals surface area contributed by atoms with E-state index in [0.29, 0.717) is 30.0 Å². The minimum absolute atomic E-state index is 0.0261. The smallest absolute Gasteiger partial charge is 0.341 e. The van der Waals surface area contributed by atoms with Gasteiger partial charge in [0.25, 0.3) is 0 Å². The van der Waals surface area contributed by atoms with Crippen molar-refractivity contribution in [2.24, 2.45) is 16.8 Å². The van der Waals surface area contributed by atoms with Crippen LogP contribution in [0.1, 0.15) is 64.0 Å². The highest BCUT2D eigenvalue weighted by Gasteiger charge is 2.38. The predicted molar refractivity (Wildman–Crippen MR) is 111 cm³/mol. The minimum atomic E-state index is -0.514. The number of Topliss-reactive ketones (excluding diaryl/α,β-unsaturated/α-hetero) is 1. The van der Waals surface area contributed by atoms with Gasteiger partial charge in [-0.25, -0.2) is 9.79 Å². The third kappa shape index (κ3) is 4.46. The van der Waals surface area contributed by atoms with Gasteiger partial charge in [0.1, 0.15) is 11.5 Å². The Morgan fingerprint density at radius 2 is 2.07 bits per heavy atom. The molecular weight excluding hydrogens is 376 g/mol. The van der Waals surface area contributed by atoms with Crippen LogP contribution in [0.3, 0.4) is 0 Å². The van der Waals surface area contributed by atoms with Crippen LogP contribution in [-0.4, -0.2) is 22.6 Å². The fourth-order valence-corrected chi connectivity index (χ4v) is 4.45. The molecule has 1 saturated carbocycles. The number of hydrogen-bond acceptors (Lipinski definition) is 3. The summed E-state index contributed by atoms with van der Waals surface area (Å²) in [4.78, 5) is 29.5. The molecule has 2 unspecified atom stereocenters. The number of halogens is 1. The van der Waals surface area contributed by atoms with Gasteiger partial charge in [-0.15, -0.1) is 0 Å². The number of ketones is 1. The fourth-order valence-electron chi connectivity index (χ4n) is 4.26. The lowest BCUT2D eigenvalue weighted by Crippen LogP contribution is -2.44. The Bertz CT molecular complexity index is 821. The number of nitrogens with one attached hydrogen (secondary N) is 1. The number of urea groups is 1. The number of benzene rings is 1. The number of carbonyl (C=O) groups excluding carboxylic acids is 2. The summed E-state index contributed by atoms with van der Waals surface area (Å²) < 4.78 is 0. The van der Waals surface area contributed by atoms with Crippen LogP contribution in [-0.2, 0) is 4.79 Å². The highest BCUT2D eigenvalue weighted by molar-refractivity contribution is 6.32. The summed E-state index contributed by atoms with van der Waals surface area (Å²) in [5.74, 6) is -0.0343. The zero-order valence-corrected chi connectivity index (χ0v) is 17.1. The second kappa shape index (κ2) is 8.91. The number of amides is 2. The van der Waals surface area contributed by atoms with E-state index in [2.05, 4.69) is 23.3 Å². The van der Waals surface area contributed by atoms with E-state index in [4.69, 9.17) is 11.6 Å². The summed E-state index contributed by atoms with van der Waals surface area (Å²) in [5.41, 5.74) is 2.80. The highest BCUT2D eigenvalue weighted by Crippen LogP contribution is 2.36. The van der Waals surface area contributed by atoms with E-state index >= 15 is 0 Å². The summed E-state index contributed by atoms with van der Waals surface area (Å²) >= 11 is 6.07. The largest absolute Gasteiger partial charge is 0.506 e. The van der Waals surface area contributed by atoms with Crippen molar-refractivity contribution in [1.29, 1.82) is 0 Å². The quantitative estimate of drug-likeness (QED) is 0.649. The van der Waals surface area contributed by atoms with Crippen LogP contribution >= 0.6 is 11.6 Å². The molecule has 0 spiro atoms. The van der Waals surface area contributed by atoms with Gasteiger partial charge in [0, 0.05) is 12.1 Å². The van der Waals surface area contributed by atoms with Crippen molar-refractivity contribution in [1.82, 2.24) is 5.32 Å². The zero-order valence-electron chi connectivity index (χ0n) is 16.4. The average Bonchev–Trinajstić information content (AvgIpc) is 2.69. The van der Waals surface area contributed by atoms with E-state index in [1.165, 1.54) is 11.6 Å². The molecule has 0 aromatic heterocycles. The Morgan fingerprint density at radius 3 is 2.68 bits per heavy atom. The van der Waals surface area contributed by atoms with Gasteiger partial charge in [-0.05, 0) is 62.6 Å². The van der Waals surface area contributed by atoms with Gasteiger partial charge in [0.05, 0.1) is 17.0 Å². The molecule has 1 fully saturated rings. The fraction of sp³-hybridized carbons (Fsp3) is 0.500. The molecule has 0 radical (unpaired) electrons. The molecule has 2 aliphatic rings. The predicted octanol–water partition coefficient (Wildman–Crippen LogP) is 5.37. The number of carbonyl (C=O) groups is 2.